The molecule has 0 heterocycles. The average Bonchev–Trinajstić information content (AvgIpc) is 2.67. The quantitative estimate of drug-likeness (QED) is 0.446. The number of ether oxygens (including phenoxy) is 3. The van der Waals surface area contributed by atoms with E-state index in [-0.39, 0.29) is 11.9 Å². The summed E-state index contributed by atoms with van der Waals surface area (Å²) in [4.78, 5) is 2.21. The van der Waals surface area contributed by atoms with Crippen molar-refractivity contribution in [1.29, 1.82) is 0 Å². The van der Waals surface area contributed by atoms with Crippen LogP contribution in [0.5, 0.6) is 11.5 Å². The van der Waals surface area contributed by atoms with E-state index < -0.39 is 0 Å². The van der Waals surface area contributed by atoms with Crippen molar-refractivity contribution in [3.63, 3.8) is 0 Å². The van der Waals surface area contributed by atoms with Gasteiger partial charge in [-0.15, -0.1) is 0 Å². The molecule has 4 nitrogen and oxygen atoms in total. The molecular weight excluding hydrogens is 357 g/mol. The summed E-state index contributed by atoms with van der Waals surface area (Å²) in [6.45, 7) is 5.69. The van der Waals surface area contributed by atoms with E-state index in [2.05, 4.69) is 63.2 Å². The molecule has 0 aliphatic carbocycles. The smallest absolute Gasteiger partial charge is 0.188 e. The maximum absolute atomic E-state index is 5.94. The normalized spacial score (nSPS) is 13.9. The van der Waals surface area contributed by atoms with Crippen molar-refractivity contribution in [3.05, 3.63) is 53.6 Å². The Morgan fingerprint density at radius 1 is 1.04 bits per heavy atom. The van der Waals surface area contributed by atoms with Crippen molar-refractivity contribution in [2.45, 2.75) is 32.0 Å². The van der Waals surface area contributed by atoms with Crippen LogP contribution in [0.15, 0.2) is 42.5 Å². The predicted octanol–water partition coefficient (Wildman–Crippen LogP) is 4.37. The largest absolute Gasteiger partial charge is 0.493 e. The molecule has 2 atom stereocenters. The first-order chi connectivity index (χ1) is 12.9. The van der Waals surface area contributed by atoms with Crippen LogP contribution >= 0.6 is 8.58 Å². The summed E-state index contributed by atoms with van der Waals surface area (Å²) in [7, 11) is 8.15. The molecule has 0 N–H and O–H groups in total. The van der Waals surface area contributed by atoms with Gasteiger partial charge in [0.05, 0.1) is 7.11 Å². The Balaban J connectivity index is 2.46. The minimum atomic E-state index is -0.0555. The lowest BCUT2D eigenvalue weighted by Crippen LogP contribution is -2.23. The molecule has 0 fully saturated rings. The van der Waals surface area contributed by atoms with Gasteiger partial charge < -0.3 is 19.1 Å². The molecule has 148 valence electrons. The lowest BCUT2D eigenvalue weighted by molar-refractivity contribution is 0.0480. The molecule has 2 aromatic rings. The predicted molar refractivity (Wildman–Crippen MR) is 115 cm³/mol. The zero-order valence-corrected chi connectivity index (χ0v) is 18.3. The molecule has 0 aliphatic rings. The number of para-hydroxylation sites is 1. The van der Waals surface area contributed by atoms with Crippen molar-refractivity contribution in [2.24, 2.45) is 0 Å². The first-order valence-electron chi connectivity index (χ1n) is 9.25. The van der Waals surface area contributed by atoms with Gasteiger partial charge in [0.1, 0.15) is 0 Å². The number of hydrogen-bond donors (Lipinski definition) is 0. The molecule has 0 spiro atoms. The fourth-order valence-electron chi connectivity index (χ4n) is 3.14. The Kier molecular flexibility index (Phi) is 8.09. The van der Waals surface area contributed by atoms with Gasteiger partial charge in [0.15, 0.2) is 18.3 Å². The van der Waals surface area contributed by atoms with E-state index in [1.54, 1.807) is 14.2 Å². The van der Waals surface area contributed by atoms with Crippen LogP contribution in [0.25, 0.3) is 0 Å². The summed E-state index contributed by atoms with van der Waals surface area (Å²) in [5, 5.41) is 1.34. The Bertz CT molecular complexity index is 735. The topological polar surface area (TPSA) is 30.9 Å². The third kappa shape index (κ3) is 5.44. The second kappa shape index (κ2) is 10.1. The van der Waals surface area contributed by atoms with Crippen LogP contribution in [0.1, 0.15) is 31.4 Å². The van der Waals surface area contributed by atoms with E-state index in [1.165, 1.54) is 16.4 Å². The fraction of sp³-hybridized carbons (Fsp3) is 0.455. The zero-order valence-electron chi connectivity index (χ0n) is 17.3. The van der Waals surface area contributed by atoms with Crippen molar-refractivity contribution < 1.29 is 14.2 Å². The van der Waals surface area contributed by atoms with Gasteiger partial charge in [0.2, 0.25) is 0 Å². The van der Waals surface area contributed by atoms with Crippen molar-refractivity contribution in [3.8, 4) is 11.5 Å². The van der Waals surface area contributed by atoms with Crippen LogP contribution in [-0.2, 0) is 16.4 Å². The van der Waals surface area contributed by atoms with E-state index in [0.717, 1.165) is 24.5 Å². The molecule has 2 unspecified atom stereocenters. The third-order valence-corrected chi connectivity index (χ3v) is 6.67. The molecule has 0 bridgehead atoms. The Hall–Kier alpha value is -1.61. The molecule has 0 aliphatic heterocycles. The highest BCUT2D eigenvalue weighted by atomic mass is 31.1. The van der Waals surface area contributed by atoms with Crippen LogP contribution < -0.4 is 14.8 Å². The number of benzene rings is 2. The van der Waals surface area contributed by atoms with Crippen molar-refractivity contribution >= 4 is 13.9 Å². The molecule has 2 aromatic carbocycles. The Morgan fingerprint density at radius 3 is 2.41 bits per heavy atom. The number of hydrogen-bond acceptors (Lipinski definition) is 4. The summed E-state index contributed by atoms with van der Waals surface area (Å²) in [5.74, 6) is 1.53. The summed E-state index contributed by atoms with van der Waals surface area (Å²) < 4.78 is 16.6. The van der Waals surface area contributed by atoms with Gasteiger partial charge in [0, 0.05) is 24.4 Å². The first-order valence-corrected chi connectivity index (χ1v) is 10.2. The van der Waals surface area contributed by atoms with Gasteiger partial charge in [-0.25, -0.2) is 0 Å². The average molecular weight is 389 g/mol. The Morgan fingerprint density at radius 2 is 1.78 bits per heavy atom. The van der Waals surface area contributed by atoms with Crippen LogP contribution in [-0.4, -0.2) is 40.0 Å². The fourth-order valence-corrected chi connectivity index (χ4v) is 4.75. The monoisotopic (exact) mass is 389 g/mol. The summed E-state index contributed by atoms with van der Waals surface area (Å²) in [5.41, 5.74) is 2.54. The Labute approximate surface area is 165 Å². The van der Waals surface area contributed by atoms with Gasteiger partial charge in [-0.3, -0.25) is 0 Å². The summed E-state index contributed by atoms with van der Waals surface area (Å²) >= 11 is 0. The first kappa shape index (κ1) is 21.7. The molecule has 5 heteroatoms. The second-order valence-electron chi connectivity index (χ2n) is 7.09. The van der Waals surface area contributed by atoms with Crippen LogP contribution in [0.4, 0.5) is 0 Å². The highest BCUT2D eigenvalue weighted by Crippen LogP contribution is 2.50. The van der Waals surface area contributed by atoms with Crippen LogP contribution in [0.3, 0.4) is 0 Å². The van der Waals surface area contributed by atoms with Gasteiger partial charge in [-0.1, -0.05) is 58.8 Å². The second-order valence-corrected chi connectivity index (χ2v) is 8.99. The van der Waals surface area contributed by atoms with Crippen LogP contribution in [0, 0.1) is 0 Å². The van der Waals surface area contributed by atoms with Gasteiger partial charge in [0.25, 0.3) is 0 Å². The van der Waals surface area contributed by atoms with E-state index in [1.807, 2.05) is 12.1 Å². The maximum atomic E-state index is 5.94. The standard InChI is InChI=1S/C22H32NO3P/c1-7-22(2,27-20-14-9-8-11-17(20)15-23(3)4)18-12-10-13-19(25-6)21(18)26-16-24-5/h8-14,27H,7,15-16H2,1-6H3. The summed E-state index contributed by atoms with van der Waals surface area (Å²) in [6.07, 6.45) is 0.998. The van der Waals surface area contributed by atoms with E-state index in [9.17, 15) is 0 Å². The molecule has 27 heavy (non-hydrogen) atoms. The number of rotatable bonds is 10. The highest BCUT2D eigenvalue weighted by Gasteiger charge is 2.31. The van der Waals surface area contributed by atoms with Crippen molar-refractivity contribution in [2.75, 3.05) is 35.1 Å². The molecule has 2 rings (SSSR count). The SMILES string of the molecule is CCC(C)(Pc1ccccc1CN(C)C)c1cccc(OC)c1OCOC. The van der Waals surface area contributed by atoms with Crippen molar-refractivity contribution in [1.82, 2.24) is 4.90 Å². The zero-order chi connectivity index (χ0) is 19.9. The molecule has 0 saturated carbocycles. The summed E-state index contributed by atoms with van der Waals surface area (Å²) in [6, 6.07) is 14.9. The molecule has 0 radical (unpaired) electrons. The van der Waals surface area contributed by atoms with Gasteiger partial charge in [-0.2, -0.15) is 0 Å². The number of nitrogens with zero attached hydrogens (tertiary/aromatic N) is 1. The molecule has 0 amide bonds. The van der Waals surface area contributed by atoms with E-state index in [4.69, 9.17) is 14.2 Å². The van der Waals surface area contributed by atoms with Gasteiger partial charge in [-0.05, 0) is 37.5 Å². The lowest BCUT2D eigenvalue weighted by atomic mass is 9.96. The minimum absolute atomic E-state index is 0.0555. The molecule has 0 saturated heterocycles. The highest BCUT2D eigenvalue weighted by molar-refractivity contribution is 7.48. The minimum Gasteiger partial charge on any atom is -0.493 e. The molecular formula is C22H32NO3P. The van der Waals surface area contributed by atoms with Gasteiger partial charge >= 0.3 is 0 Å². The lowest BCUT2D eigenvalue weighted by Gasteiger charge is -2.32. The number of methoxy groups -OCH3 is 2. The van der Waals surface area contributed by atoms with E-state index >= 15 is 0 Å². The third-order valence-electron chi connectivity index (χ3n) is 4.74. The van der Waals surface area contributed by atoms with E-state index in [0.29, 0.717) is 8.58 Å². The van der Waals surface area contributed by atoms with Crippen LogP contribution in [0.2, 0.25) is 0 Å². The molecule has 0 aromatic heterocycles. The maximum Gasteiger partial charge on any atom is 0.188 e.